The number of fused-ring (bicyclic) bond motifs is 1. The highest BCUT2D eigenvalue weighted by Crippen LogP contribution is 2.25. The van der Waals surface area contributed by atoms with Gasteiger partial charge in [-0.3, -0.25) is 4.79 Å². The van der Waals surface area contributed by atoms with Crippen LogP contribution >= 0.6 is 0 Å². The maximum atomic E-state index is 13.9. The number of amides is 1. The number of anilines is 1. The van der Waals surface area contributed by atoms with E-state index in [1.807, 2.05) is 6.07 Å². The summed E-state index contributed by atoms with van der Waals surface area (Å²) >= 11 is 0. The Labute approximate surface area is 147 Å². The molecule has 1 amide bonds. The highest BCUT2D eigenvalue weighted by molar-refractivity contribution is 5.94. The van der Waals surface area contributed by atoms with Crippen molar-refractivity contribution in [3.8, 4) is 0 Å². The Morgan fingerprint density at radius 1 is 1.32 bits per heavy atom. The summed E-state index contributed by atoms with van der Waals surface area (Å²) in [4.78, 5) is 12.2. The number of carbonyl (C=O) groups is 1. The molecule has 132 valence electrons. The fourth-order valence-corrected chi connectivity index (χ4v) is 3.14. The van der Waals surface area contributed by atoms with Gasteiger partial charge in [-0.1, -0.05) is 24.3 Å². The summed E-state index contributed by atoms with van der Waals surface area (Å²) in [5.41, 5.74) is 3.30. The maximum Gasteiger partial charge on any atom is 0.251 e. The fourth-order valence-electron chi connectivity index (χ4n) is 3.14. The van der Waals surface area contributed by atoms with E-state index in [-0.39, 0.29) is 12.5 Å². The lowest BCUT2D eigenvalue weighted by Crippen LogP contribution is -2.32. The van der Waals surface area contributed by atoms with Crippen LogP contribution in [0.4, 0.5) is 10.1 Å². The molecule has 25 heavy (non-hydrogen) atoms. The SMILES string of the molecule is COCc1ccc(C(=O)NCCC2CCc3ccccc3N2)cc1F. The molecular weight excluding hydrogens is 319 g/mol. The number of rotatable bonds is 6. The summed E-state index contributed by atoms with van der Waals surface area (Å²) in [6, 6.07) is 13.1. The van der Waals surface area contributed by atoms with Crippen molar-refractivity contribution < 1.29 is 13.9 Å². The van der Waals surface area contributed by atoms with E-state index in [2.05, 4.69) is 28.8 Å². The molecule has 4 nitrogen and oxygen atoms in total. The summed E-state index contributed by atoms with van der Waals surface area (Å²) in [7, 11) is 1.51. The first-order valence-corrected chi connectivity index (χ1v) is 8.57. The molecule has 0 saturated heterocycles. The lowest BCUT2D eigenvalue weighted by molar-refractivity contribution is 0.0952. The zero-order chi connectivity index (χ0) is 17.6. The molecule has 0 bridgehead atoms. The molecule has 0 spiro atoms. The average Bonchev–Trinajstić information content (AvgIpc) is 2.63. The van der Waals surface area contributed by atoms with E-state index in [1.165, 1.54) is 24.4 Å². The van der Waals surface area contributed by atoms with Gasteiger partial charge in [0, 0.05) is 36.5 Å². The second kappa shape index (κ2) is 8.12. The van der Waals surface area contributed by atoms with Crippen molar-refractivity contribution in [2.24, 2.45) is 0 Å². The lowest BCUT2D eigenvalue weighted by Gasteiger charge is -2.27. The first kappa shape index (κ1) is 17.4. The summed E-state index contributed by atoms with van der Waals surface area (Å²) in [5.74, 6) is -0.667. The molecule has 1 aliphatic rings. The molecule has 0 radical (unpaired) electrons. The summed E-state index contributed by atoms with van der Waals surface area (Å²) < 4.78 is 18.8. The predicted molar refractivity (Wildman–Crippen MR) is 96.2 cm³/mol. The smallest absolute Gasteiger partial charge is 0.251 e. The van der Waals surface area contributed by atoms with Crippen LogP contribution in [-0.2, 0) is 17.8 Å². The van der Waals surface area contributed by atoms with E-state index in [9.17, 15) is 9.18 Å². The van der Waals surface area contributed by atoms with Crippen molar-refractivity contribution in [1.29, 1.82) is 0 Å². The summed E-state index contributed by atoms with van der Waals surface area (Å²) in [5, 5.41) is 6.39. The molecule has 2 aromatic rings. The molecule has 0 saturated carbocycles. The van der Waals surface area contributed by atoms with Crippen LogP contribution in [0.2, 0.25) is 0 Å². The van der Waals surface area contributed by atoms with Gasteiger partial charge in [-0.05, 0) is 43.0 Å². The zero-order valence-electron chi connectivity index (χ0n) is 14.3. The van der Waals surface area contributed by atoms with Gasteiger partial charge in [0.15, 0.2) is 0 Å². The Hall–Kier alpha value is -2.40. The van der Waals surface area contributed by atoms with Crippen LogP contribution in [0.1, 0.15) is 34.3 Å². The monoisotopic (exact) mass is 342 g/mol. The maximum absolute atomic E-state index is 13.9. The standard InChI is InChI=1S/C20H23FN2O2/c1-25-13-16-7-6-15(12-18(16)21)20(24)22-11-10-17-9-8-14-4-2-3-5-19(14)23-17/h2-7,12,17,23H,8-11,13H2,1H3,(H,22,24). The number of ether oxygens (including phenoxy) is 1. The molecule has 0 fully saturated rings. The van der Waals surface area contributed by atoms with E-state index >= 15 is 0 Å². The van der Waals surface area contributed by atoms with Crippen molar-refractivity contribution in [2.45, 2.75) is 31.9 Å². The van der Waals surface area contributed by atoms with E-state index in [0.717, 1.165) is 19.3 Å². The van der Waals surface area contributed by atoms with Gasteiger partial charge in [-0.15, -0.1) is 0 Å². The molecule has 2 aromatic carbocycles. The Bertz CT molecular complexity index is 748. The third-order valence-electron chi connectivity index (χ3n) is 4.53. The molecule has 0 aromatic heterocycles. The molecule has 3 rings (SSSR count). The number of halogens is 1. The largest absolute Gasteiger partial charge is 0.382 e. The third kappa shape index (κ3) is 4.37. The molecule has 1 atom stereocenters. The molecule has 1 aliphatic heterocycles. The number of aryl methyl sites for hydroxylation is 1. The second-order valence-electron chi connectivity index (χ2n) is 6.32. The Balaban J connectivity index is 1.49. The first-order valence-electron chi connectivity index (χ1n) is 8.57. The minimum atomic E-state index is -0.417. The molecule has 5 heteroatoms. The number of methoxy groups -OCH3 is 1. The number of hydrogen-bond acceptors (Lipinski definition) is 3. The van der Waals surface area contributed by atoms with Crippen LogP contribution in [0, 0.1) is 5.82 Å². The zero-order valence-corrected chi connectivity index (χ0v) is 14.3. The number of hydrogen-bond donors (Lipinski definition) is 2. The number of nitrogens with one attached hydrogen (secondary N) is 2. The Morgan fingerprint density at radius 3 is 2.96 bits per heavy atom. The highest BCUT2D eigenvalue weighted by Gasteiger charge is 2.17. The van der Waals surface area contributed by atoms with Crippen molar-refractivity contribution in [2.75, 3.05) is 19.0 Å². The van der Waals surface area contributed by atoms with Gasteiger partial charge in [0.25, 0.3) is 5.91 Å². The van der Waals surface area contributed by atoms with E-state index in [0.29, 0.717) is 23.7 Å². The van der Waals surface area contributed by atoms with E-state index in [4.69, 9.17) is 4.74 Å². The number of carbonyl (C=O) groups excluding carboxylic acids is 1. The van der Waals surface area contributed by atoms with Crippen LogP contribution < -0.4 is 10.6 Å². The van der Waals surface area contributed by atoms with Crippen molar-refractivity contribution in [1.82, 2.24) is 5.32 Å². The third-order valence-corrected chi connectivity index (χ3v) is 4.53. The topological polar surface area (TPSA) is 50.4 Å². The van der Waals surface area contributed by atoms with E-state index < -0.39 is 5.82 Å². The number of benzene rings is 2. The molecular formula is C20H23FN2O2. The van der Waals surface area contributed by atoms with Gasteiger partial charge in [-0.25, -0.2) is 4.39 Å². The molecule has 1 heterocycles. The average molecular weight is 342 g/mol. The van der Waals surface area contributed by atoms with Crippen LogP contribution in [-0.4, -0.2) is 25.6 Å². The minimum Gasteiger partial charge on any atom is -0.382 e. The van der Waals surface area contributed by atoms with Crippen LogP contribution in [0.25, 0.3) is 0 Å². The molecule has 0 aliphatic carbocycles. The quantitative estimate of drug-likeness (QED) is 0.844. The van der Waals surface area contributed by atoms with Crippen molar-refractivity contribution in [3.63, 3.8) is 0 Å². The first-order chi connectivity index (χ1) is 12.2. The normalized spacial score (nSPS) is 16.0. The van der Waals surface area contributed by atoms with Gasteiger partial charge in [-0.2, -0.15) is 0 Å². The van der Waals surface area contributed by atoms with Gasteiger partial charge < -0.3 is 15.4 Å². The molecule has 1 unspecified atom stereocenters. The van der Waals surface area contributed by atoms with Crippen LogP contribution in [0.5, 0.6) is 0 Å². The van der Waals surface area contributed by atoms with Gasteiger partial charge >= 0.3 is 0 Å². The second-order valence-corrected chi connectivity index (χ2v) is 6.32. The van der Waals surface area contributed by atoms with Gasteiger partial charge in [0.1, 0.15) is 5.82 Å². The number of para-hydroxylation sites is 1. The lowest BCUT2D eigenvalue weighted by atomic mass is 9.96. The summed E-state index contributed by atoms with van der Waals surface area (Å²) in [6.45, 7) is 0.753. The van der Waals surface area contributed by atoms with Gasteiger partial charge in [0.05, 0.1) is 6.61 Å². The van der Waals surface area contributed by atoms with Crippen LogP contribution in [0.3, 0.4) is 0 Å². The van der Waals surface area contributed by atoms with E-state index in [1.54, 1.807) is 12.1 Å². The van der Waals surface area contributed by atoms with Crippen molar-refractivity contribution >= 4 is 11.6 Å². The van der Waals surface area contributed by atoms with Crippen LogP contribution in [0.15, 0.2) is 42.5 Å². The fraction of sp³-hybridized carbons (Fsp3) is 0.350. The summed E-state index contributed by atoms with van der Waals surface area (Å²) in [6.07, 6.45) is 2.94. The molecule has 2 N–H and O–H groups in total. The highest BCUT2D eigenvalue weighted by atomic mass is 19.1. The Kier molecular flexibility index (Phi) is 5.66. The predicted octanol–water partition coefficient (Wildman–Crippen LogP) is 3.52. The van der Waals surface area contributed by atoms with Crippen molar-refractivity contribution in [3.05, 3.63) is 65.0 Å². The minimum absolute atomic E-state index is 0.197. The van der Waals surface area contributed by atoms with Gasteiger partial charge in [0.2, 0.25) is 0 Å². The Morgan fingerprint density at radius 2 is 2.16 bits per heavy atom.